The number of carbonyl (C=O) groups excluding carboxylic acids is 6. The van der Waals surface area contributed by atoms with Crippen molar-refractivity contribution in [3.63, 3.8) is 0 Å². The molecular weight excluding hydrogens is 640 g/mol. The maximum Gasteiger partial charge on any atom is 0.328 e. The van der Waals surface area contributed by atoms with Gasteiger partial charge in [0.15, 0.2) is 0 Å². The van der Waals surface area contributed by atoms with E-state index in [9.17, 15) is 28.8 Å². The maximum atomic E-state index is 13.7. The predicted molar refractivity (Wildman–Crippen MR) is 183 cm³/mol. The number of amides is 5. The summed E-state index contributed by atoms with van der Waals surface area (Å²) in [6, 6.07) is 2.07. The zero-order valence-electron chi connectivity index (χ0n) is 29.2. The van der Waals surface area contributed by atoms with Gasteiger partial charge >= 0.3 is 5.97 Å². The number of halogens is 1. The van der Waals surface area contributed by atoms with E-state index in [1.54, 1.807) is 43.0 Å². The number of likely N-dealkylation sites (tertiary alicyclic amines) is 1. The predicted octanol–water partition coefficient (Wildman–Crippen LogP) is 1.79. The molecule has 5 N–H and O–H groups in total. The van der Waals surface area contributed by atoms with E-state index < -0.39 is 66.4 Å². The molecule has 1 aromatic carbocycles. The van der Waals surface area contributed by atoms with E-state index in [4.69, 9.17) is 22.1 Å². The number of rotatable bonds is 17. The van der Waals surface area contributed by atoms with Gasteiger partial charge in [-0.15, -0.1) is 0 Å². The van der Waals surface area contributed by atoms with E-state index in [2.05, 4.69) is 16.0 Å². The minimum Gasteiger partial charge on any atom is -0.462 e. The Labute approximate surface area is 289 Å². The van der Waals surface area contributed by atoms with Crippen LogP contribution in [0.5, 0.6) is 0 Å². The number of ether oxygens (including phenoxy) is 1. The van der Waals surface area contributed by atoms with Crippen molar-refractivity contribution in [1.82, 2.24) is 25.8 Å². The summed E-state index contributed by atoms with van der Waals surface area (Å²) in [7, 11) is 0. The molecule has 0 saturated carbocycles. The number of likely N-dealkylation sites (N-methyl/N-ethyl adjacent to an activating group) is 1. The third-order valence-corrected chi connectivity index (χ3v) is 8.55. The summed E-state index contributed by atoms with van der Waals surface area (Å²) < 4.78 is 5.26. The summed E-state index contributed by atoms with van der Waals surface area (Å²) in [4.78, 5) is 81.2. The molecule has 1 fully saturated rings. The normalized spacial score (nSPS) is 16.9. The number of hydrogen-bond donors (Lipinski definition) is 4. The summed E-state index contributed by atoms with van der Waals surface area (Å²) in [5.41, 5.74) is 6.82. The van der Waals surface area contributed by atoms with Crippen LogP contribution in [0.25, 0.3) is 0 Å². The third-order valence-electron chi connectivity index (χ3n) is 8.30. The number of carbonyl (C=O) groups is 6. The second-order valence-corrected chi connectivity index (χ2v) is 13.4. The van der Waals surface area contributed by atoms with Crippen LogP contribution in [0, 0.1) is 11.8 Å². The molecule has 1 aromatic rings. The Morgan fingerprint density at radius 3 is 2.08 bits per heavy atom. The Morgan fingerprint density at radius 2 is 1.54 bits per heavy atom. The molecule has 1 heterocycles. The average molecular weight is 693 g/mol. The first kappa shape index (κ1) is 40.5. The molecule has 1 aliphatic rings. The van der Waals surface area contributed by atoms with Crippen molar-refractivity contribution in [1.29, 1.82) is 0 Å². The highest BCUT2D eigenvalue weighted by Gasteiger charge is 2.35. The van der Waals surface area contributed by atoms with Gasteiger partial charge < -0.3 is 36.2 Å². The second-order valence-electron chi connectivity index (χ2n) is 12.9. The summed E-state index contributed by atoms with van der Waals surface area (Å²) in [6.45, 7) is 13.3. The Hall–Kier alpha value is -3.71. The van der Waals surface area contributed by atoms with Crippen LogP contribution < -0.4 is 21.7 Å². The van der Waals surface area contributed by atoms with Gasteiger partial charge in [0.1, 0.15) is 36.8 Å². The molecule has 0 radical (unpaired) electrons. The van der Waals surface area contributed by atoms with Crippen molar-refractivity contribution in [3.8, 4) is 0 Å². The van der Waals surface area contributed by atoms with Gasteiger partial charge in [-0.1, -0.05) is 51.4 Å². The van der Waals surface area contributed by atoms with Gasteiger partial charge in [-0.3, -0.25) is 24.0 Å². The first-order valence-corrected chi connectivity index (χ1v) is 17.1. The summed E-state index contributed by atoms with van der Waals surface area (Å²) in [6.07, 6.45) is 1.63. The average Bonchev–Trinajstić information content (AvgIpc) is 3.53. The third kappa shape index (κ3) is 12.1. The molecule has 5 amide bonds. The van der Waals surface area contributed by atoms with Crippen molar-refractivity contribution in [2.45, 2.75) is 104 Å². The van der Waals surface area contributed by atoms with Crippen LogP contribution in [-0.4, -0.2) is 102 Å². The molecule has 5 atom stereocenters. The van der Waals surface area contributed by atoms with Gasteiger partial charge in [0.05, 0.1) is 0 Å². The molecule has 0 aliphatic carbocycles. The number of nitrogens with two attached hydrogens (primary N) is 1. The van der Waals surface area contributed by atoms with Gasteiger partial charge in [0.25, 0.3) is 0 Å². The van der Waals surface area contributed by atoms with Crippen molar-refractivity contribution < 1.29 is 33.5 Å². The van der Waals surface area contributed by atoms with E-state index >= 15 is 0 Å². The van der Waals surface area contributed by atoms with E-state index in [0.717, 1.165) is 5.56 Å². The van der Waals surface area contributed by atoms with Crippen LogP contribution in [0.4, 0.5) is 0 Å². The first-order chi connectivity index (χ1) is 22.6. The van der Waals surface area contributed by atoms with Gasteiger partial charge in [-0.25, -0.2) is 4.79 Å². The fourth-order valence-electron chi connectivity index (χ4n) is 5.58. The highest BCUT2D eigenvalue weighted by Crippen LogP contribution is 2.19. The number of benzene rings is 1. The Morgan fingerprint density at radius 1 is 0.938 bits per heavy atom. The van der Waals surface area contributed by atoms with Gasteiger partial charge in [0.2, 0.25) is 29.5 Å². The molecule has 14 heteroatoms. The SMILES string of the molecule is CCN(CC)C(=O)[C@H](Cc1ccc(Cl)cc1)NC(=O)[C@H](CC(C)C)NC(=O)[C@@H](NC(=O)[C@@H](N)COC(=O)[C@@H]1CCCN1C(C)=O)C(C)C. The van der Waals surface area contributed by atoms with Gasteiger partial charge in [-0.2, -0.15) is 0 Å². The van der Waals surface area contributed by atoms with Crippen LogP contribution >= 0.6 is 11.6 Å². The number of esters is 1. The molecule has 48 heavy (non-hydrogen) atoms. The lowest BCUT2D eigenvalue weighted by atomic mass is 9.98. The van der Waals surface area contributed by atoms with Crippen LogP contribution in [0.2, 0.25) is 5.02 Å². The van der Waals surface area contributed by atoms with Gasteiger partial charge in [-0.05, 0) is 62.6 Å². The summed E-state index contributed by atoms with van der Waals surface area (Å²) >= 11 is 6.04. The quantitative estimate of drug-likeness (QED) is 0.178. The molecule has 1 saturated heterocycles. The van der Waals surface area contributed by atoms with Crippen molar-refractivity contribution >= 4 is 47.1 Å². The Bertz CT molecular complexity index is 1270. The van der Waals surface area contributed by atoms with Crippen LogP contribution in [0.15, 0.2) is 24.3 Å². The molecule has 13 nitrogen and oxygen atoms in total. The van der Waals surface area contributed by atoms with Crippen LogP contribution in [-0.2, 0) is 39.9 Å². The number of nitrogens with one attached hydrogen (secondary N) is 3. The zero-order chi connectivity index (χ0) is 36.1. The molecule has 0 unspecified atom stereocenters. The molecular formula is C34H53ClN6O7. The zero-order valence-corrected chi connectivity index (χ0v) is 30.0. The molecule has 0 bridgehead atoms. The highest BCUT2D eigenvalue weighted by atomic mass is 35.5. The highest BCUT2D eigenvalue weighted by molar-refractivity contribution is 6.30. The lowest BCUT2D eigenvalue weighted by Gasteiger charge is -2.30. The van der Waals surface area contributed by atoms with Crippen molar-refractivity contribution in [3.05, 3.63) is 34.9 Å². The first-order valence-electron chi connectivity index (χ1n) is 16.7. The van der Waals surface area contributed by atoms with Crippen LogP contribution in [0.1, 0.15) is 73.3 Å². The van der Waals surface area contributed by atoms with E-state index in [-0.39, 0.29) is 30.6 Å². The standard InChI is InChI=1S/C34H53ClN6O7/c1-8-40(9-2)33(46)27(18-23-12-14-24(35)15-13-23)38-31(44)26(17-20(3)4)37-32(45)29(21(5)6)39-30(43)25(36)19-48-34(47)28-11-10-16-41(28)22(7)42/h12-15,20-21,25-29H,8-11,16-19,36H2,1-7H3,(H,37,45)(H,38,44)(H,39,43)/t25-,26-,27-,28-,29-/m0/s1. The minimum atomic E-state index is -1.27. The fraction of sp³-hybridized carbons (Fsp3) is 0.647. The van der Waals surface area contributed by atoms with Crippen molar-refractivity contribution in [2.24, 2.45) is 17.6 Å². The van der Waals surface area contributed by atoms with Crippen LogP contribution in [0.3, 0.4) is 0 Å². The summed E-state index contributed by atoms with van der Waals surface area (Å²) in [5, 5.41) is 8.82. The van der Waals surface area contributed by atoms with E-state index in [1.165, 1.54) is 11.8 Å². The molecule has 2 rings (SSSR count). The lowest BCUT2D eigenvalue weighted by molar-refractivity contribution is -0.154. The largest absolute Gasteiger partial charge is 0.462 e. The smallest absolute Gasteiger partial charge is 0.328 e. The Balaban J connectivity index is 2.14. The molecule has 1 aliphatic heterocycles. The fourth-order valence-corrected chi connectivity index (χ4v) is 5.70. The second kappa shape index (κ2) is 19.3. The van der Waals surface area contributed by atoms with E-state index in [1.807, 2.05) is 27.7 Å². The Kier molecular flexibility index (Phi) is 16.3. The molecule has 0 spiro atoms. The molecule has 268 valence electrons. The van der Waals surface area contributed by atoms with Gasteiger partial charge in [0, 0.05) is 38.0 Å². The van der Waals surface area contributed by atoms with Crippen molar-refractivity contribution in [2.75, 3.05) is 26.2 Å². The lowest BCUT2D eigenvalue weighted by Crippen LogP contribution is -2.59. The number of nitrogens with zero attached hydrogens (tertiary/aromatic N) is 2. The summed E-state index contributed by atoms with van der Waals surface area (Å²) in [5.74, 6) is -3.36. The van der Waals surface area contributed by atoms with E-state index in [0.29, 0.717) is 37.5 Å². The minimum absolute atomic E-state index is 0.00300. The number of hydrogen-bond acceptors (Lipinski definition) is 8. The topological polar surface area (TPSA) is 180 Å². The monoisotopic (exact) mass is 692 g/mol. The maximum absolute atomic E-state index is 13.7. The molecule has 0 aromatic heterocycles.